The summed E-state index contributed by atoms with van der Waals surface area (Å²) < 4.78 is 0. The topological polar surface area (TPSA) is 73.5 Å². The molecule has 1 aliphatic heterocycles. The minimum Gasteiger partial charge on any atom is -0.371 e. The Bertz CT molecular complexity index is 830. The highest BCUT2D eigenvalue weighted by Crippen LogP contribution is 2.24. The molecule has 1 heterocycles. The van der Waals surface area contributed by atoms with Crippen LogP contribution in [0.4, 0.5) is 21.9 Å². The first kappa shape index (κ1) is 20.7. The quantitative estimate of drug-likeness (QED) is 0.674. The molecule has 3 N–H and O–H groups in total. The number of hydrogen-bond acceptors (Lipinski definition) is 3. The Balaban J connectivity index is 1.52. The van der Waals surface area contributed by atoms with Crippen molar-refractivity contribution in [3.8, 4) is 0 Å². The fraction of sp³-hybridized carbons (Fsp3) is 0.391. The fourth-order valence-corrected chi connectivity index (χ4v) is 3.61. The van der Waals surface area contributed by atoms with Crippen LogP contribution in [0.2, 0.25) is 0 Å². The molecule has 0 unspecified atom stereocenters. The molecule has 0 radical (unpaired) electrons. The van der Waals surface area contributed by atoms with E-state index < -0.39 is 0 Å². The predicted molar refractivity (Wildman–Crippen MR) is 119 cm³/mol. The van der Waals surface area contributed by atoms with Crippen LogP contribution in [0.5, 0.6) is 0 Å². The summed E-state index contributed by atoms with van der Waals surface area (Å²) in [6, 6.07) is 15.9. The van der Waals surface area contributed by atoms with Crippen LogP contribution in [0, 0.1) is 6.92 Å². The summed E-state index contributed by atoms with van der Waals surface area (Å²) in [4.78, 5) is 26.7. The number of amides is 3. The number of carbonyl (C=O) groups excluding carboxylic acids is 2. The van der Waals surface area contributed by atoms with Crippen molar-refractivity contribution in [2.45, 2.75) is 45.6 Å². The number of nitrogens with one attached hydrogen (secondary N) is 3. The summed E-state index contributed by atoms with van der Waals surface area (Å²) >= 11 is 0. The van der Waals surface area contributed by atoms with Gasteiger partial charge in [-0.3, -0.25) is 4.79 Å². The average molecular weight is 395 g/mol. The standard InChI is InChI=1S/C23H30N4O2/c1-3-8-22(28)25-20-11-7-12-21(17(20)2)26-23(29)24-18-13-15-27(16-14-18)19-9-5-4-6-10-19/h4-7,9-12,18H,3,8,13-16H2,1-2H3,(H,25,28)(H2,24,26,29). The molecule has 6 heteroatoms. The van der Waals surface area contributed by atoms with Gasteiger partial charge in [0.25, 0.3) is 0 Å². The molecule has 0 saturated carbocycles. The van der Waals surface area contributed by atoms with Crippen LogP contribution in [0.15, 0.2) is 48.5 Å². The number of carbonyl (C=O) groups is 2. The summed E-state index contributed by atoms with van der Waals surface area (Å²) in [6.07, 6.45) is 3.11. The van der Waals surface area contributed by atoms with Gasteiger partial charge in [-0.15, -0.1) is 0 Å². The lowest BCUT2D eigenvalue weighted by Crippen LogP contribution is -2.46. The number of hydrogen-bond donors (Lipinski definition) is 3. The normalized spacial score (nSPS) is 14.3. The summed E-state index contributed by atoms with van der Waals surface area (Å²) in [5, 5.41) is 8.92. The molecule has 154 valence electrons. The van der Waals surface area contributed by atoms with Crippen LogP contribution >= 0.6 is 0 Å². The lowest BCUT2D eigenvalue weighted by atomic mass is 10.0. The van der Waals surface area contributed by atoms with E-state index in [0.717, 1.165) is 43.6 Å². The van der Waals surface area contributed by atoms with Crippen LogP contribution in [0.1, 0.15) is 38.2 Å². The Morgan fingerprint density at radius 2 is 1.62 bits per heavy atom. The summed E-state index contributed by atoms with van der Waals surface area (Å²) in [5.74, 6) is -0.0117. The van der Waals surface area contributed by atoms with Crippen molar-refractivity contribution in [2.24, 2.45) is 0 Å². The zero-order valence-electron chi connectivity index (χ0n) is 17.2. The number of nitrogens with zero attached hydrogens (tertiary/aromatic N) is 1. The van der Waals surface area contributed by atoms with Crippen LogP contribution in [-0.4, -0.2) is 31.1 Å². The zero-order chi connectivity index (χ0) is 20.6. The van der Waals surface area contributed by atoms with Gasteiger partial charge in [-0.2, -0.15) is 0 Å². The number of rotatable bonds is 6. The lowest BCUT2D eigenvalue weighted by molar-refractivity contribution is -0.116. The predicted octanol–water partition coefficient (Wildman–Crippen LogP) is 4.52. The average Bonchev–Trinajstić information content (AvgIpc) is 2.72. The second kappa shape index (κ2) is 9.96. The number of piperidine rings is 1. The van der Waals surface area contributed by atoms with Crippen molar-refractivity contribution in [1.82, 2.24) is 5.32 Å². The smallest absolute Gasteiger partial charge is 0.319 e. The van der Waals surface area contributed by atoms with Crippen molar-refractivity contribution >= 4 is 29.0 Å². The minimum absolute atomic E-state index is 0.0117. The molecule has 0 aliphatic carbocycles. The van der Waals surface area contributed by atoms with Crippen molar-refractivity contribution in [2.75, 3.05) is 28.6 Å². The molecule has 0 atom stereocenters. The fourth-order valence-electron chi connectivity index (χ4n) is 3.61. The van der Waals surface area contributed by atoms with Gasteiger partial charge in [-0.1, -0.05) is 31.2 Å². The van der Waals surface area contributed by atoms with Crippen molar-refractivity contribution in [1.29, 1.82) is 0 Å². The third kappa shape index (κ3) is 5.73. The van der Waals surface area contributed by atoms with Gasteiger partial charge >= 0.3 is 6.03 Å². The molecule has 6 nitrogen and oxygen atoms in total. The van der Waals surface area contributed by atoms with Gasteiger partial charge in [0.15, 0.2) is 0 Å². The maximum atomic E-state index is 12.5. The van der Waals surface area contributed by atoms with E-state index in [0.29, 0.717) is 12.1 Å². The Labute approximate surface area is 172 Å². The number of para-hydroxylation sites is 1. The molecule has 0 spiro atoms. The number of anilines is 3. The Morgan fingerprint density at radius 1 is 0.966 bits per heavy atom. The van der Waals surface area contributed by atoms with E-state index >= 15 is 0 Å². The largest absolute Gasteiger partial charge is 0.371 e. The minimum atomic E-state index is -0.205. The molecule has 29 heavy (non-hydrogen) atoms. The van der Waals surface area contributed by atoms with E-state index in [-0.39, 0.29) is 18.0 Å². The van der Waals surface area contributed by atoms with Crippen molar-refractivity contribution in [3.63, 3.8) is 0 Å². The Morgan fingerprint density at radius 3 is 2.28 bits per heavy atom. The third-order valence-corrected chi connectivity index (χ3v) is 5.28. The third-order valence-electron chi connectivity index (χ3n) is 5.28. The molecule has 0 bridgehead atoms. The summed E-state index contributed by atoms with van der Waals surface area (Å²) in [5.41, 5.74) is 3.52. The van der Waals surface area contributed by atoms with E-state index in [1.54, 1.807) is 0 Å². The second-order valence-corrected chi connectivity index (χ2v) is 7.47. The van der Waals surface area contributed by atoms with Crippen LogP contribution in [0.25, 0.3) is 0 Å². The Hall–Kier alpha value is -3.02. The van der Waals surface area contributed by atoms with E-state index in [2.05, 4.69) is 33.0 Å². The molecule has 1 fully saturated rings. The van der Waals surface area contributed by atoms with Gasteiger partial charge in [0, 0.05) is 42.6 Å². The van der Waals surface area contributed by atoms with E-state index in [1.165, 1.54) is 5.69 Å². The van der Waals surface area contributed by atoms with Gasteiger partial charge < -0.3 is 20.9 Å². The maximum Gasteiger partial charge on any atom is 0.319 e. The van der Waals surface area contributed by atoms with Crippen molar-refractivity contribution < 1.29 is 9.59 Å². The number of benzene rings is 2. The van der Waals surface area contributed by atoms with Gasteiger partial charge in [-0.25, -0.2) is 4.79 Å². The lowest BCUT2D eigenvalue weighted by Gasteiger charge is -2.34. The van der Waals surface area contributed by atoms with Crippen LogP contribution in [0.3, 0.4) is 0 Å². The first-order chi connectivity index (χ1) is 14.1. The van der Waals surface area contributed by atoms with Gasteiger partial charge in [0.1, 0.15) is 0 Å². The van der Waals surface area contributed by atoms with Gasteiger partial charge in [-0.05, 0) is 56.0 Å². The molecule has 3 amide bonds. The number of urea groups is 1. The first-order valence-electron chi connectivity index (χ1n) is 10.3. The van der Waals surface area contributed by atoms with E-state index in [9.17, 15) is 9.59 Å². The molecule has 3 rings (SSSR count). The molecular weight excluding hydrogens is 364 g/mol. The summed E-state index contributed by atoms with van der Waals surface area (Å²) in [7, 11) is 0. The Kier molecular flexibility index (Phi) is 7.11. The molecule has 0 aromatic heterocycles. The molecule has 1 aliphatic rings. The highest BCUT2D eigenvalue weighted by atomic mass is 16.2. The van der Waals surface area contributed by atoms with Crippen LogP contribution < -0.4 is 20.9 Å². The maximum absolute atomic E-state index is 12.5. The first-order valence-corrected chi connectivity index (χ1v) is 10.3. The van der Waals surface area contributed by atoms with E-state index in [1.807, 2.05) is 50.2 Å². The monoisotopic (exact) mass is 394 g/mol. The van der Waals surface area contributed by atoms with E-state index in [4.69, 9.17) is 0 Å². The second-order valence-electron chi connectivity index (χ2n) is 7.47. The zero-order valence-corrected chi connectivity index (χ0v) is 17.2. The van der Waals surface area contributed by atoms with Crippen molar-refractivity contribution in [3.05, 3.63) is 54.1 Å². The molecule has 2 aromatic carbocycles. The van der Waals surface area contributed by atoms with Gasteiger partial charge in [0.05, 0.1) is 0 Å². The van der Waals surface area contributed by atoms with Crippen LogP contribution in [-0.2, 0) is 4.79 Å². The highest BCUT2D eigenvalue weighted by Gasteiger charge is 2.21. The highest BCUT2D eigenvalue weighted by molar-refractivity contribution is 5.95. The summed E-state index contributed by atoms with van der Waals surface area (Å²) in [6.45, 7) is 5.72. The molecular formula is C23H30N4O2. The SMILES string of the molecule is CCCC(=O)Nc1cccc(NC(=O)NC2CCN(c3ccccc3)CC2)c1C. The molecule has 1 saturated heterocycles. The van der Waals surface area contributed by atoms with Gasteiger partial charge in [0.2, 0.25) is 5.91 Å². The molecule has 2 aromatic rings.